The number of carboxylic acid groups (broad SMARTS) is 1. The number of nitriles is 1. The van der Waals surface area contributed by atoms with Crippen molar-refractivity contribution in [1.29, 1.82) is 5.26 Å². The maximum atomic E-state index is 11.1. The maximum Gasteiger partial charge on any atom is 0.308 e. The highest BCUT2D eigenvalue weighted by atomic mass is 16.6. The van der Waals surface area contributed by atoms with Gasteiger partial charge in [0.1, 0.15) is 5.82 Å². The van der Waals surface area contributed by atoms with Crippen molar-refractivity contribution in [2.75, 3.05) is 18.0 Å². The molecule has 1 aliphatic heterocycles. The van der Waals surface area contributed by atoms with Crippen molar-refractivity contribution < 1.29 is 14.8 Å². The number of non-ortho nitro benzene ring substituents is 1. The van der Waals surface area contributed by atoms with Crippen LogP contribution in [0.3, 0.4) is 0 Å². The van der Waals surface area contributed by atoms with Gasteiger partial charge < -0.3 is 10.0 Å². The number of pyridine rings is 1. The third kappa shape index (κ3) is 2.64. The van der Waals surface area contributed by atoms with Gasteiger partial charge in [0.2, 0.25) is 0 Å². The second-order valence-corrected chi connectivity index (χ2v) is 5.37. The molecule has 1 aromatic carbocycles. The van der Waals surface area contributed by atoms with E-state index >= 15 is 0 Å². The molecule has 23 heavy (non-hydrogen) atoms. The molecule has 1 aliphatic rings. The Hall–Kier alpha value is -3.21. The minimum atomic E-state index is -0.843. The lowest BCUT2D eigenvalue weighted by atomic mass is 10.1. The summed E-state index contributed by atoms with van der Waals surface area (Å²) in [6, 6.07) is 7.75. The number of nitro groups is 1. The van der Waals surface area contributed by atoms with Crippen LogP contribution in [0, 0.1) is 27.4 Å². The molecule has 0 bridgehead atoms. The average Bonchev–Trinajstić information content (AvgIpc) is 3.03. The number of fused-ring (bicyclic) bond motifs is 1. The van der Waals surface area contributed by atoms with Crippen LogP contribution in [-0.2, 0) is 4.79 Å². The molecule has 1 N–H and O–H groups in total. The Kier molecular flexibility index (Phi) is 3.54. The van der Waals surface area contributed by atoms with Crippen molar-refractivity contribution in [3.05, 3.63) is 39.9 Å². The first kappa shape index (κ1) is 14.7. The monoisotopic (exact) mass is 312 g/mol. The molecule has 2 heterocycles. The first-order chi connectivity index (χ1) is 11.0. The Morgan fingerprint density at radius 1 is 1.48 bits per heavy atom. The zero-order valence-electron chi connectivity index (χ0n) is 12.0. The topological polar surface area (TPSA) is 120 Å². The molecule has 0 amide bonds. The van der Waals surface area contributed by atoms with Crippen LogP contribution in [0.25, 0.3) is 10.9 Å². The quantitative estimate of drug-likeness (QED) is 0.679. The summed E-state index contributed by atoms with van der Waals surface area (Å²) >= 11 is 0. The molecular weight excluding hydrogens is 300 g/mol. The summed E-state index contributed by atoms with van der Waals surface area (Å²) in [5, 5.41) is 29.7. The van der Waals surface area contributed by atoms with E-state index in [0.717, 1.165) is 0 Å². The number of nitrogens with zero attached hydrogens (tertiary/aromatic N) is 4. The van der Waals surface area contributed by atoms with E-state index in [1.807, 2.05) is 11.0 Å². The van der Waals surface area contributed by atoms with Crippen LogP contribution in [0.5, 0.6) is 0 Å². The van der Waals surface area contributed by atoms with Crippen molar-refractivity contribution in [3.8, 4) is 6.07 Å². The lowest BCUT2D eigenvalue weighted by Crippen LogP contribution is -2.23. The van der Waals surface area contributed by atoms with Crippen molar-refractivity contribution in [2.24, 2.45) is 5.92 Å². The van der Waals surface area contributed by atoms with E-state index in [1.165, 1.54) is 18.2 Å². The average molecular weight is 312 g/mol. The molecule has 3 rings (SSSR count). The second-order valence-electron chi connectivity index (χ2n) is 5.37. The van der Waals surface area contributed by atoms with Crippen LogP contribution in [0.15, 0.2) is 24.3 Å². The number of hydrogen-bond donors (Lipinski definition) is 1. The standard InChI is InChI=1S/C15H12N4O4/c16-7-10-5-14(18-4-3-9(8-18)15(20)21)17-13-2-1-11(19(22)23)6-12(10)13/h1-2,5-6,9H,3-4,8H2,(H,20,21). The molecule has 0 spiro atoms. The third-order valence-corrected chi connectivity index (χ3v) is 3.97. The minimum Gasteiger partial charge on any atom is -0.481 e. The first-order valence-corrected chi connectivity index (χ1v) is 6.96. The van der Waals surface area contributed by atoms with Crippen LogP contribution in [0.1, 0.15) is 12.0 Å². The number of aliphatic carboxylic acids is 1. The van der Waals surface area contributed by atoms with E-state index in [2.05, 4.69) is 4.98 Å². The molecule has 8 nitrogen and oxygen atoms in total. The van der Waals surface area contributed by atoms with Gasteiger partial charge in [-0.05, 0) is 18.6 Å². The molecule has 1 aromatic heterocycles. The highest BCUT2D eigenvalue weighted by Gasteiger charge is 2.29. The lowest BCUT2D eigenvalue weighted by Gasteiger charge is -2.17. The molecule has 0 aliphatic carbocycles. The number of aromatic nitrogens is 1. The summed E-state index contributed by atoms with van der Waals surface area (Å²) < 4.78 is 0. The Bertz CT molecular complexity index is 858. The minimum absolute atomic E-state index is 0.101. The van der Waals surface area contributed by atoms with Crippen LogP contribution in [-0.4, -0.2) is 34.1 Å². The van der Waals surface area contributed by atoms with Crippen LogP contribution >= 0.6 is 0 Å². The molecule has 8 heteroatoms. The summed E-state index contributed by atoms with van der Waals surface area (Å²) in [5.74, 6) is -0.772. The fourth-order valence-electron chi connectivity index (χ4n) is 2.74. The fourth-order valence-corrected chi connectivity index (χ4v) is 2.74. The Morgan fingerprint density at radius 3 is 2.87 bits per heavy atom. The highest BCUT2D eigenvalue weighted by molar-refractivity contribution is 5.88. The number of benzene rings is 1. The zero-order chi connectivity index (χ0) is 16.6. The molecule has 1 saturated heterocycles. The van der Waals surface area contributed by atoms with Gasteiger partial charge in [0.25, 0.3) is 5.69 Å². The van der Waals surface area contributed by atoms with E-state index in [-0.39, 0.29) is 11.3 Å². The Morgan fingerprint density at radius 2 is 2.26 bits per heavy atom. The van der Waals surface area contributed by atoms with Crippen LogP contribution in [0.4, 0.5) is 11.5 Å². The molecule has 1 unspecified atom stereocenters. The number of anilines is 1. The van der Waals surface area contributed by atoms with Gasteiger partial charge in [0.15, 0.2) is 0 Å². The van der Waals surface area contributed by atoms with Crippen molar-refractivity contribution in [3.63, 3.8) is 0 Å². The molecule has 0 radical (unpaired) electrons. The summed E-state index contributed by atoms with van der Waals surface area (Å²) in [7, 11) is 0. The maximum absolute atomic E-state index is 11.1. The summed E-state index contributed by atoms with van der Waals surface area (Å²) in [5.41, 5.74) is 0.659. The molecule has 1 atom stereocenters. The van der Waals surface area contributed by atoms with Crippen LogP contribution in [0.2, 0.25) is 0 Å². The zero-order valence-corrected chi connectivity index (χ0v) is 12.0. The van der Waals surface area contributed by atoms with Gasteiger partial charge in [-0.1, -0.05) is 0 Å². The third-order valence-electron chi connectivity index (χ3n) is 3.97. The van der Waals surface area contributed by atoms with Gasteiger partial charge in [-0.15, -0.1) is 0 Å². The summed E-state index contributed by atoms with van der Waals surface area (Å²) in [4.78, 5) is 27.6. The number of rotatable bonds is 3. The van der Waals surface area contributed by atoms with E-state index in [0.29, 0.717) is 36.2 Å². The molecule has 116 valence electrons. The number of carboxylic acids is 1. The molecule has 1 fully saturated rings. The number of carbonyl (C=O) groups is 1. The predicted molar refractivity (Wildman–Crippen MR) is 81.1 cm³/mol. The second kappa shape index (κ2) is 5.53. The van der Waals surface area contributed by atoms with Crippen molar-refractivity contribution >= 4 is 28.4 Å². The Labute approximate surface area is 130 Å². The summed E-state index contributed by atoms with van der Waals surface area (Å²) in [6.07, 6.45) is 0.525. The smallest absolute Gasteiger partial charge is 0.308 e. The van der Waals surface area contributed by atoms with E-state index in [4.69, 9.17) is 5.11 Å². The normalized spacial score (nSPS) is 17.2. The molecule has 2 aromatic rings. The van der Waals surface area contributed by atoms with Crippen molar-refractivity contribution in [2.45, 2.75) is 6.42 Å². The van der Waals surface area contributed by atoms with Gasteiger partial charge in [-0.25, -0.2) is 4.98 Å². The lowest BCUT2D eigenvalue weighted by molar-refractivity contribution is -0.384. The number of hydrogen-bond acceptors (Lipinski definition) is 6. The summed E-state index contributed by atoms with van der Waals surface area (Å²) in [6.45, 7) is 0.888. The first-order valence-electron chi connectivity index (χ1n) is 6.96. The Balaban J connectivity index is 2.04. The van der Waals surface area contributed by atoms with E-state index < -0.39 is 16.8 Å². The fraction of sp³-hybridized carbons (Fsp3) is 0.267. The van der Waals surface area contributed by atoms with Crippen LogP contribution < -0.4 is 4.90 Å². The number of nitro benzene ring substituents is 1. The van der Waals surface area contributed by atoms with Gasteiger partial charge in [-0.2, -0.15) is 5.26 Å². The van der Waals surface area contributed by atoms with Gasteiger partial charge in [0.05, 0.1) is 28.0 Å². The van der Waals surface area contributed by atoms with Gasteiger partial charge in [-0.3, -0.25) is 14.9 Å². The highest BCUT2D eigenvalue weighted by Crippen LogP contribution is 2.29. The van der Waals surface area contributed by atoms with Crippen molar-refractivity contribution in [1.82, 2.24) is 4.98 Å². The largest absolute Gasteiger partial charge is 0.481 e. The molecule has 0 saturated carbocycles. The van der Waals surface area contributed by atoms with E-state index in [1.54, 1.807) is 6.07 Å². The molecular formula is C15H12N4O4. The van der Waals surface area contributed by atoms with Gasteiger partial charge in [0, 0.05) is 30.6 Å². The predicted octanol–water partition coefficient (Wildman–Crippen LogP) is 1.93. The SMILES string of the molecule is N#Cc1cc(N2CCC(C(=O)O)C2)nc2ccc([N+](=O)[O-])cc12. The van der Waals surface area contributed by atoms with Gasteiger partial charge >= 0.3 is 5.97 Å². The van der Waals surface area contributed by atoms with E-state index in [9.17, 15) is 20.2 Å².